The van der Waals surface area contributed by atoms with E-state index in [0.717, 1.165) is 34.6 Å². The van der Waals surface area contributed by atoms with Gasteiger partial charge in [-0.2, -0.15) is 0 Å². The number of hydrogen-bond acceptors (Lipinski definition) is 4. The molecule has 4 rings (SSSR count). The van der Waals surface area contributed by atoms with E-state index in [1.807, 2.05) is 36.4 Å². The Morgan fingerprint density at radius 3 is 2.41 bits per heavy atom. The zero-order valence-electron chi connectivity index (χ0n) is 18.1. The van der Waals surface area contributed by atoms with Crippen LogP contribution in [0, 0.1) is 0 Å². The molecule has 9 heteroatoms. The summed E-state index contributed by atoms with van der Waals surface area (Å²) in [5.74, 6) is 0. The van der Waals surface area contributed by atoms with Crippen molar-refractivity contribution < 1.29 is 8.42 Å². The van der Waals surface area contributed by atoms with E-state index in [1.54, 1.807) is 23.5 Å². The molecule has 5 nitrogen and oxygen atoms in total. The third-order valence-corrected chi connectivity index (χ3v) is 8.78. The second-order valence-electron chi connectivity index (χ2n) is 7.95. The van der Waals surface area contributed by atoms with Gasteiger partial charge in [0.1, 0.15) is 4.90 Å². The van der Waals surface area contributed by atoms with E-state index in [1.165, 1.54) is 37.7 Å². The molecule has 3 aromatic rings. The number of benzene rings is 2. The standard InChI is InChI=1S/C23H26ClN3O2S2.BrH/c1-26(2)31(28,29)22-15-17(13-14-20(22)24)21-16-30-23(25-18-9-5-3-6-10-18)27(21)19-11-7-4-8-12-19;/h3,5-6,9-10,13-16,19H,4,7-8,11-12H2,1-2H3;1H/b25-23+;. The van der Waals surface area contributed by atoms with Crippen LogP contribution >= 0.6 is 39.9 Å². The van der Waals surface area contributed by atoms with Gasteiger partial charge in [0.2, 0.25) is 10.0 Å². The van der Waals surface area contributed by atoms with Crippen LogP contribution in [0.25, 0.3) is 11.3 Å². The van der Waals surface area contributed by atoms with E-state index in [2.05, 4.69) is 9.95 Å². The molecule has 0 aliphatic heterocycles. The third kappa shape index (κ3) is 5.20. The summed E-state index contributed by atoms with van der Waals surface area (Å²) in [4.78, 5) is 5.96. The van der Waals surface area contributed by atoms with Crippen molar-refractivity contribution in [2.75, 3.05) is 14.1 Å². The highest BCUT2D eigenvalue weighted by Crippen LogP contribution is 2.35. The second-order valence-corrected chi connectivity index (χ2v) is 11.3. The van der Waals surface area contributed by atoms with Gasteiger partial charge in [0, 0.05) is 31.1 Å². The molecule has 32 heavy (non-hydrogen) atoms. The fourth-order valence-electron chi connectivity index (χ4n) is 3.97. The molecule has 0 N–H and O–H groups in total. The molecule has 1 aromatic heterocycles. The van der Waals surface area contributed by atoms with Crippen molar-refractivity contribution in [2.24, 2.45) is 4.99 Å². The van der Waals surface area contributed by atoms with Gasteiger partial charge in [-0.1, -0.05) is 55.1 Å². The smallest absolute Gasteiger partial charge is 0.244 e. The predicted molar refractivity (Wildman–Crippen MR) is 138 cm³/mol. The van der Waals surface area contributed by atoms with Crippen LogP contribution in [0.2, 0.25) is 5.02 Å². The Morgan fingerprint density at radius 2 is 1.75 bits per heavy atom. The van der Waals surface area contributed by atoms with E-state index >= 15 is 0 Å². The minimum absolute atomic E-state index is 0. The summed E-state index contributed by atoms with van der Waals surface area (Å²) in [7, 11) is -0.614. The summed E-state index contributed by atoms with van der Waals surface area (Å²) in [6.45, 7) is 0. The monoisotopic (exact) mass is 555 g/mol. The van der Waals surface area contributed by atoms with Crippen LogP contribution in [0.5, 0.6) is 0 Å². The van der Waals surface area contributed by atoms with Gasteiger partial charge in [-0.25, -0.2) is 17.7 Å². The summed E-state index contributed by atoms with van der Waals surface area (Å²) >= 11 is 7.87. The zero-order chi connectivity index (χ0) is 22.0. The van der Waals surface area contributed by atoms with Gasteiger partial charge in [0.15, 0.2) is 4.80 Å². The number of para-hydroxylation sites is 1. The number of nitrogens with zero attached hydrogens (tertiary/aromatic N) is 3. The molecule has 2 aromatic carbocycles. The van der Waals surface area contributed by atoms with Gasteiger partial charge < -0.3 is 4.57 Å². The maximum absolute atomic E-state index is 12.8. The van der Waals surface area contributed by atoms with Crippen LogP contribution in [-0.2, 0) is 10.0 Å². The summed E-state index contributed by atoms with van der Waals surface area (Å²) in [6, 6.07) is 15.5. The molecular weight excluding hydrogens is 530 g/mol. The second kappa shape index (κ2) is 10.7. The Hall–Kier alpha value is -1.45. The van der Waals surface area contributed by atoms with Crippen molar-refractivity contribution in [3.63, 3.8) is 0 Å². The largest absolute Gasteiger partial charge is 0.313 e. The lowest BCUT2D eigenvalue weighted by atomic mass is 9.95. The predicted octanol–water partition coefficient (Wildman–Crippen LogP) is 6.44. The lowest BCUT2D eigenvalue weighted by Crippen LogP contribution is -2.24. The molecule has 0 amide bonds. The van der Waals surface area contributed by atoms with E-state index < -0.39 is 10.0 Å². The fraction of sp³-hybridized carbons (Fsp3) is 0.348. The average molecular weight is 557 g/mol. The van der Waals surface area contributed by atoms with E-state index in [-0.39, 0.29) is 26.9 Å². The minimum Gasteiger partial charge on any atom is -0.313 e. The number of halogens is 2. The van der Waals surface area contributed by atoms with Crippen molar-refractivity contribution in [3.05, 3.63) is 63.7 Å². The molecule has 0 saturated heterocycles. The van der Waals surface area contributed by atoms with E-state index in [4.69, 9.17) is 16.6 Å². The van der Waals surface area contributed by atoms with E-state index in [9.17, 15) is 8.42 Å². The van der Waals surface area contributed by atoms with Crippen molar-refractivity contribution in [2.45, 2.75) is 43.0 Å². The van der Waals surface area contributed by atoms with Gasteiger partial charge in [-0.15, -0.1) is 28.3 Å². The SMILES string of the molecule is Br.CN(C)S(=O)(=O)c1cc(-c2cs/c(=N/c3ccccc3)n2C2CCCCC2)ccc1Cl. The van der Waals surface area contributed by atoms with Gasteiger partial charge in [-0.05, 0) is 37.1 Å². The number of rotatable bonds is 5. The highest BCUT2D eigenvalue weighted by Gasteiger charge is 2.24. The van der Waals surface area contributed by atoms with Crippen LogP contribution in [-0.4, -0.2) is 31.4 Å². The molecule has 0 unspecified atom stereocenters. The highest BCUT2D eigenvalue weighted by atomic mass is 79.9. The van der Waals surface area contributed by atoms with Crippen molar-refractivity contribution >= 4 is 55.6 Å². The molecular formula is C23H27BrClN3O2S2. The Morgan fingerprint density at radius 1 is 1.06 bits per heavy atom. The number of sulfonamides is 1. The van der Waals surface area contributed by atoms with E-state index in [0.29, 0.717) is 6.04 Å². The maximum Gasteiger partial charge on any atom is 0.244 e. The maximum atomic E-state index is 12.8. The number of aromatic nitrogens is 1. The van der Waals surface area contributed by atoms with Crippen LogP contribution in [0.3, 0.4) is 0 Å². The van der Waals surface area contributed by atoms with Gasteiger partial charge in [0.05, 0.1) is 16.4 Å². The lowest BCUT2D eigenvalue weighted by Gasteiger charge is -2.25. The quantitative estimate of drug-likeness (QED) is 0.363. The molecule has 0 bridgehead atoms. The average Bonchev–Trinajstić information content (AvgIpc) is 3.18. The van der Waals surface area contributed by atoms with Gasteiger partial charge >= 0.3 is 0 Å². The molecule has 1 heterocycles. The zero-order valence-corrected chi connectivity index (χ0v) is 22.2. The first-order valence-corrected chi connectivity index (χ1v) is 13.1. The van der Waals surface area contributed by atoms with Crippen LogP contribution < -0.4 is 4.80 Å². The molecule has 1 aliphatic carbocycles. The lowest BCUT2D eigenvalue weighted by molar-refractivity contribution is 0.351. The van der Waals surface area contributed by atoms with Gasteiger partial charge in [0.25, 0.3) is 0 Å². The molecule has 0 atom stereocenters. The number of hydrogen-bond donors (Lipinski definition) is 0. The molecule has 1 saturated carbocycles. The topological polar surface area (TPSA) is 54.7 Å². The van der Waals surface area contributed by atoms with Crippen LogP contribution in [0.15, 0.2) is 63.8 Å². The first-order valence-electron chi connectivity index (χ1n) is 10.4. The van der Waals surface area contributed by atoms with Crippen molar-refractivity contribution in [1.29, 1.82) is 0 Å². The first-order chi connectivity index (χ1) is 14.9. The fourth-order valence-corrected chi connectivity index (χ4v) is 6.35. The van der Waals surface area contributed by atoms with Gasteiger partial charge in [-0.3, -0.25) is 0 Å². The van der Waals surface area contributed by atoms with Crippen LogP contribution in [0.4, 0.5) is 5.69 Å². The summed E-state index contributed by atoms with van der Waals surface area (Å²) < 4.78 is 29.1. The van der Waals surface area contributed by atoms with Crippen LogP contribution in [0.1, 0.15) is 38.1 Å². The molecule has 1 fully saturated rings. The summed E-state index contributed by atoms with van der Waals surface area (Å²) in [6.07, 6.45) is 5.84. The molecule has 172 valence electrons. The minimum atomic E-state index is -3.65. The molecule has 0 radical (unpaired) electrons. The first kappa shape index (κ1) is 25.2. The third-order valence-electron chi connectivity index (χ3n) is 5.65. The Labute approximate surface area is 209 Å². The normalized spacial score (nSPS) is 15.7. The highest BCUT2D eigenvalue weighted by molar-refractivity contribution is 8.93. The van der Waals surface area contributed by atoms with Crippen molar-refractivity contribution in [3.8, 4) is 11.3 Å². The number of thiazole rings is 1. The molecule has 0 spiro atoms. The Bertz CT molecular complexity index is 1230. The van der Waals surface area contributed by atoms with Crippen molar-refractivity contribution in [1.82, 2.24) is 8.87 Å². The summed E-state index contributed by atoms with van der Waals surface area (Å²) in [5, 5.41) is 2.30. The Kier molecular flexibility index (Phi) is 8.38. The Balaban J connectivity index is 0.00000289. The molecule has 1 aliphatic rings. The summed E-state index contributed by atoms with van der Waals surface area (Å²) in [5.41, 5.74) is 2.73.